The van der Waals surface area contributed by atoms with Crippen LogP contribution in [0.2, 0.25) is 0 Å². The zero-order valence-electron chi connectivity index (χ0n) is 14.0. The summed E-state index contributed by atoms with van der Waals surface area (Å²) in [7, 11) is 0. The molecule has 0 heterocycles. The quantitative estimate of drug-likeness (QED) is 0.774. The Morgan fingerprint density at radius 2 is 1.57 bits per heavy atom. The lowest BCUT2D eigenvalue weighted by molar-refractivity contribution is 0.142. The van der Waals surface area contributed by atoms with Crippen molar-refractivity contribution < 1.29 is 8.78 Å². The molecule has 2 rings (SSSR count). The minimum absolute atomic E-state index is 0.260. The smallest absolute Gasteiger partial charge is 0.250 e. The lowest BCUT2D eigenvalue weighted by Gasteiger charge is -2.40. The summed E-state index contributed by atoms with van der Waals surface area (Å²) in [5.74, 6) is 0.260. The lowest BCUT2D eigenvalue weighted by atomic mass is 9.65. The molecule has 1 unspecified atom stereocenters. The molecule has 23 heavy (non-hydrogen) atoms. The molecule has 124 valence electrons. The molecule has 0 aliphatic rings. The van der Waals surface area contributed by atoms with Crippen LogP contribution in [-0.2, 0) is 5.41 Å². The van der Waals surface area contributed by atoms with Gasteiger partial charge < -0.3 is 5.32 Å². The van der Waals surface area contributed by atoms with Crippen molar-refractivity contribution >= 4 is 0 Å². The van der Waals surface area contributed by atoms with Crippen LogP contribution in [0.4, 0.5) is 8.78 Å². The van der Waals surface area contributed by atoms with E-state index < -0.39 is 6.43 Å². The van der Waals surface area contributed by atoms with Crippen molar-refractivity contribution in [1.29, 1.82) is 0 Å². The average Bonchev–Trinajstić information content (AvgIpc) is 2.53. The molecule has 0 bridgehead atoms. The van der Waals surface area contributed by atoms with Gasteiger partial charge in [-0.2, -0.15) is 0 Å². The third-order valence-electron chi connectivity index (χ3n) is 4.60. The van der Waals surface area contributed by atoms with Crippen LogP contribution in [0.3, 0.4) is 0 Å². The molecule has 2 aromatic rings. The number of aryl methyl sites for hydroxylation is 1. The molecule has 0 amide bonds. The number of hydrogen-bond donors (Lipinski definition) is 1. The number of nitrogens with one attached hydrogen (secondary N) is 1. The van der Waals surface area contributed by atoms with Gasteiger partial charge in [-0.25, -0.2) is 8.78 Å². The molecule has 1 atom stereocenters. The van der Waals surface area contributed by atoms with Gasteiger partial charge in [0, 0.05) is 12.0 Å². The van der Waals surface area contributed by atoms with Gasteiger partial charge in [0.15, 0.2) is 0 Å². The highest BCUT2D eigenvalue weighted by Gasteiger charge is 2.38. The Balaban J connectivity index is 2.54. The minimum Gasteiger partial charge on any atom is -0.310 e. The third-order valence-corrected chi connectivity index (χ3v) is 4.60. The average molecular weight is 317 g/mol. The van der Waals surface area contributed by atoms with Gasteiger partial charge in [0.05, 0.1) is 6.54 Å². The zero-order valence-corrected chi connectivity index (χ0v) is 14.0. The predicted molar refractivity (Wildman–Crippen MR) is 92.1 cm³/mol. The van der Waals surface area contributed by atoms with Crippen LogP contribution in [0, 0.1) is 12.8 Å². The van der Waals surface area contributed by atoms with Gasteiger partial charge in [0.25, 0.3) is 6.43 Å². The van der Waals surface area contributed by atoms with Gasteiger partial charge in [-0.3, -0.25) is 0 Å². The van der Waals surface area contributed by atoms with E-state index in [-0.39, 0.29) is 17.9 Å². The molecule has 0 radical (unpaired) electrons. The van der Waals surface area contributed by atoms with Crippen LogP contribution < -0.4 is 5.32 Å². The Labute approximate surface area is 137 Å². The molecule has 0 aromatic heterocycles. The van der Waals surface area contributed by atoms with Gasteiger partial charge >= 0.3 is 0 Å². The van der Waals surface area contributed by atoms with Gasteiger partial charge in [0.2, 0.25) is 0 Å². The van der Waals surface area contributed by atoms with E-state index in [0.29, 0.717) is 6.54 Å². The Morgan fingerprint density at radius 3 is 2.13 bits per heavy atom. The van der Waals surface area contributed by atoms with Gasteiger partial charge in [-0.15, -0.1) is 0 Å². The van der Waals surface area contributed by atoms with Crippen LogP contribution in [-0.4, -0.2) is 19.5 Å². The summed E-state index contributed by atoms with van der Waals surface area (Å²) in [6.45, 7) is 6.60. The number of alkyl halides is 2. The maximum absolute atomic E-state index is 12.6. The van der Waals surface area contributed by atoms with Crippen molar-refractivity contribution in [3.8, 4) is 0 Å². The second-order valence-electron chi connectivity index (χ2n) is 6.33. The Bertz CT molecular complexity index is 610. The molecule has 0 aliphatic carbocycles. The minimum atomic E-state index is -2.34. The summed E-state index contributed by atoms with van der Waals surface area (Å²) in [4.78, 5) is 0. The second kappa shape index (κ2) is 7.69. The van der Waals surface area contributed by atoms with Crippen molar-refractivity contribution in [3.63, 3.8) is 0 Å². The summed E-state index contributed by atoms with van der Waals surface area (Å²) in [6, 6.07) is 18.4. The third kappa shape index (κ3) is 3.78. The summed E-state index contributed by atoms with van der Waals surface area (Å²) < 4.78 is 25.3. The Kier molecular flexibility index (Phi) is 5.89. The SMILES string of the molecule is Cc1ccccc1C(CNCC(F)F)(c1ccccc1)C(C)C. The molecular weight excluding hydrogens is 292 g/mol. The summed E-state index contributed by atoms with van der Waals surface area (Å²) >= 11 is 0. The van der Waals surface area contributed by atoms with E-state index in [2.05, 4.69) is 50.4 Å². The molecule has 2 aromatic carbocycles. The molecule has 3 heteroatoms. The maximum atomic E-state index is 12.6. The standard InChI is InChI=1S/C20H25F2N/c1-15(2)20(14-23-13-19(21)22,17-10-5-4-6-11-17)18-12-8-7-9-16(18)3/h4-12,15,19,23H,13-14H2,1-3H3. The van der Waals surface area contributed by atoms with Gasteiger partial charge in [-0.05, 0) is 29.5 Å². The first-order valence-corrected chi connectivity index (χ1v) is 8.09. The molecule has 1 N–H and O–H groups in total. The van der Waals surface area contributed by atoms with Gasteiger partial charge in [0.1, 0.15) is 0 Å². The van der Waals surface area contributed by atoms with E-state index in [1.165, 1.54) is 11.1 Å². The van der Waals surface area contributed by atoms with E-state index in [0.717, 1.165) is 5.56 Å². The summed E-state index contributed by atoms with van der Waals surface area (Å²) in [6.07, 6.45) is -2.34. The number of hydrogen-bond acceptors (Lipinski definition) is 1. The van der Waals surface area contributed by atoms with Crippen LogP contribution in [0.15, 0.2) is 54.6 Å². The first-order valence-electron chi connectivity index (χ1n) is 8.09. The summed E-state index contributed by atoms with van der Waals surface area (Å²) in [5, 5.41) is 2.98. The van der Waals surface area contributed by atoms with E-state index >= 15 is 0 Å². The molecule has 0 spiro atoms. The molecule has 1 nitrogen and oxygen atoms in total. The molecular formula is C20H25F2N. The van der Waals surface area contributed by atoms with E-state index in [4.69, 9.17) is 0 Å². The van der Waals surface area contributed by atoms with E-state index in [1.54, 1.807) is 0 Å². The van der Waals surface area contributed by atoms with Crippen molar-refractivity contribution in [2.75, 3.05) is 13.1 Å². The van der Waals surface area contributed by atoms with E-state index in [1.807, 2.05) is 30.3 Å². The largest absolute Gasteiger partial charge is 0.310 e. The van der Waals surface area contributed by atoms with E-state index in [9.17, 15) is 8.78 Å². The number of rotatable bonds is 7. The Hall–Kier alpha value is -1.74. The normalized spacial score (nSPS) is 14.2. The molecule has 0 fully saturated rings. The fourth-order valence-corrected chi connectivity index (χ4v) is 3.39. The van der Waals surface area contributed by atoms with Crippen LogP contribution in [0.25, 0.3) is 0 Å². The van der Waals surface area contributed by atoms with Crippen molar-refractivity contribution in [3.05, 3.63) is 71.3 Å². The van der Waals surface area contributed by atoms with Crippen LogP contribution in [0.1, 0.15) is 30.5 Å². The summed E-state index contributed by atoms with van der Waals surface area (Å²) in [5.41, 5.74) is 3.21. The lowest BCUT2D eigenvalue weighted by Crippen LogP contribution is -2.45. The van der Waals surface area contributed by atoms with Crippen molar-refractivity contribution in [2.45, 2.75) is 32.6 Å². The maximum Gasteiger partial charge on any atom is 0.250 e. The van der Waals surface area contributed by atoms with Crippen molar-refractivity contribution in [2.24, 2.45) is 5.92 Å². The number of halogens is 2. The zero-order chi connectivity index (χ0) is 16.9. The predicted octanol–water partition coefficient (Wildman–Crippen LogP) is 4.79. The first kappa shape index (κ1) is 17.6. The number of benzene rings is 2. The topological polar surface area (TPSA) is 12.0 Å². The fraction of sp³-hybridized carbons (Fsp3) is 0.400. The van der Waals surface area contributed by atoms with Gasteiger partial charge in [-0.1, -0.05) is 68.4 Å². The molecule has 0 saturated heterocycles. The molecule has 0 saturated carbocycles. The monoisotopic (exact) mass is 317 g/mol. The fourth-order valence-electron chi connectivity index (χ4n) is 3.39. The van der Waals surface area contributed by atoms with Crippen LogP contribution >= 0.6 is 0 Å². The van der Waals surface area contributed by atoms with Crippen molar-refractivity contribution in [1.82, 2.24) is 5.32 Å². The highest BCUT2D eigenvalue weighted by Crippen LogP contribution is 2.40. The first-order chi connectivity index (χ1) is 11.0. The Morgan fingerprint density at radius 1 is 0.957 bits per heavy atom. The van der Waals surface area contributed by atoms with Crippen LogP contribution in [0.5, 0.6) is 0 Å². The molecule has 0 aliphatic heterocycles. The highest BCUT2D eigenvalue weighted by molar-refractivity contribution is 5.44. The second-order valence-corrected chi connectivity index (χ2v) is 6.33. The highest BCUT2D eigenvalue weighted by atomic mass is 19.3.